The summed E-state index contributed by atoms with van der Waals surface area (Å²) in [7, 11) is 0. The molecule has 0 atom stereocenters. The Bertz CT molecular complexity index is 3790. The fraction of sp³-hybridized carbons (Fsp3) is 0.324. The van der Waals surface area contributed by atoms with Crippen molar-refractivity contribution in [2.45, 2.75) is 159 Å². The number of anilines is 6. The van der Waals surface area contributed by atoms with Gasteiger partial charge in [-0.1, -0.05) is 158 Å². The van der Waals surface area contributed by atoms with E-state index in [0.29, 0.717) is 23.7 Å². The van der Waals surface area contributed by atoms with Crippen LogP contribution in [0.25, 0.3) is 65.4 Å². The Kier molecular flexibility index (Phi) is 13.0. The number of benzene rings is 9. The van der Waals surface area contributed by atoms with Gasteiger partial charge in [0.15, 0.2) is 0 Å². The maximum absolute atomic E-state index is 7.39. The second kappa shape index (κ2) is 19.3. The molecule has 4 nitrogen and oxygen atoms in total. The second-order valence-electron chi connectivity index (χ2n) is 26.1. The van der Waals surface area contributed by atoms with E-state index in [1.165, 1.54) is 89.2 Å². The van der Waals surface area contributed by atoms with E-state index in [0.717, 1.165) is 66.0 Å². The zero-order chi connectivity index (χ0) is 55.6. The first kappa shape index (κ1) is 52.7. The van der Waals surface area contributed by atoms with E-state index < -0.39 is 0 Å². The quantitative estimate of drug-likeness (QED) is 0.137. The van der Waals surface area contributed by atoms with Crippen LogP contribution in [0.3, 0.4) is 0 Å². The molecule has 0 aliphatic carbocycles. The number of hydrogen-bond donors (Lipinski definition) is 0. The van der Waals surface area contributed by atoms with Crippen molar-refractivity contribution >= 4 is 99.5 Å². The van der Waals surface area contributed by atoms with Gasteiger partial charge < -0.3 is 18.6 Å². The maximum Gasteiger partial charge on any atom is 0.140 e. The summed E-state index contributed by atoms with van der Waals surface area (Å²) in [6.07, 6.45) is 0. The van der Waals surface area contributed by atoms with Gasteiger partial charge in [0.2, 0.25) is 0 Å². The number of hydrogen-bond acceptors (Lipinski definition) is 4. The highest BCUT2D eigenvalue weighted by atomic mass is 16.3. The van der Waals surface area contributed by atoms with E-state index >= 15 is 0 Å². The third-order valence-electron chi connectivity index (χ3n) is 16.8. The van der Waals surface area contributed by atoms with Crippen molar-refractivity contribution < 1.29 is 8.83 Å². The van der Waals surface area contributed by atoms with Gasteiger partial charge in [-0.15, -0.1) is 0 Å². The minimum atomic E-state index is -0.292. The molecule has 0 unspecified atom stereocenters. The van der Waals surface area contributed by atoms with Crippen LogP contribution >= 0.6 is 0 Å². The van der Waals surface area contributed by atoms with Crippen molar-refractivity contribution in [2.75, 3.05) is 9.80 Å². The highest BCUT2D eigenvalue weighted by Gasteiger charge is 2.35. The van der Waals surface area contributed by atoms with Gasteiger partial charge in [-0.2, -0.15) is 0 Å². The molecule has 78 heavy (non-hydrogen) atoms. The van der Waals surface area contributed by atoms with Gasteiger partial charge >= 0.3 is 0 Å². The number of aryl methyl sites for hydroxylation is 4. The van der Waals surface area contributed by atoms with E-state index in [9.17, 15) is 0 Å². The molecule has 4 heteroatoms. The first-order chi connectivity index (χ1) is 36.9. The monoisotopic (exact) mass is 1030 g/mol. The van der Waals surface area contributed by atoms with Gasteiger partial charge in [-0.3, -0.25) is 0 Å². The second-order valence-corrected chi connectivity index (χ2v) is 26.1. The Morgan fingerprint density at radius 3 is 0.897 bits per heavy atom. The average Bonchev–Trinajstić information content (AvgIpc) is 3.92. The molecule has 0 radical (unpaired) electrons. The molecule has 0 aliphatic heterocycles. The lowest BCUT2D eigenvalue weighted by Crippen LogP contribution is -2.16. The summed E-state index contributed by atoms with van der Waals surface area (Å²) in [5.74, 6) is 1.61. The maximum atomic E-state index is 7.39. The predicted octanol–water partition coefficient (Wildman–Crippen LogP) is 23.1. The molecule has 0 saturated carbocycles. The standard InChI is InChI=1S/C74H80N2O2/c1-41(2)49-23-19-45(9)61(35-49)75(62-36-50(42(3)4)24-20-46(62)10)57-29-27-53-33-59-65(39-55(53)31-57)77-71-67(59)69(73(13,14)15)72-68(70(71)74(16,17)18)60-34-54-28-30-58(32-56(54)40-66(60)78-72)76(63-37-51(43(5)6)25-21-47(63)11)64-38-52(44(7)8)26-22-48(64)12/h19-44H,1-18H3. The molecule has 0 saturated heterocycles. The van der Waals surface area contributed by atoms with Gasteiger partial charge in [0.25, 0.3) is 0 Å². The molecule has 11 aromatic rings. The van der Waals surface area contributed by atoms with Crippen LogP contribution in [-0.2, 0) is 10.8 Å². The Labute approximate surface area is 464 Å². The lowest BCUT2D eigenvalue weighted by molar-refractivity contribution is 0.564. The minimum Gasteiger partial charge on any atom is -0.456 e. The van der Waals surface area contributed by atoms with Gasteiger partial charge in [0, 0.05) is 66.8 Å². The normalized spacial score (nSPS) is 12.7. The van der Waals surface area contributed by atoms with Gasteiger partial charge in [-0.25, -0.2) is 0 Å². The van der Waals surface area contributed by atoms with E-state index in [1.807, 2.05) is 0 Å². The van der Waals surface area contributed by atoms with Crippen molar-refractivity contribution in [1.82, 2.24) is 0 Å². The molecule has 2 heterocycles. The zero-order valence-electron chi connectivity index (χ0n) is 49.7. The van der Waals surface area contributed by atoms with Crippen molar-refractivity contribution in [3.63, 3.8) is 0 Å². The third kappa shape index (κ3) is 9.03. The van der Waals surface area contributed by atoms with Crippen LogP contribution in [0.15, 0.2) is 142 Å². The summed E-state index contributed by atoms with van der Waals surface area (Å²) < 4.78 is 14.8. The van der Waals surface area contributed by atoms with Crippen LogP contribution < -0.4 is 9.80 Å². The Morgan fingerprint density at radius 2 is 0.628 bits per heavy atom. The van der Waals surface area contributed by atoms with Gasteiger partial charge in [-0.05, 0) is 201 Å². The van der Waals surface area contributed by atoms with Crippen LogP contribution in [0.4, 0.5) is 34.1 Å². The molecular formula is C74H80N2O2. The molecule has 0 fully saturated rings. The summed E-state index contributed by atoms with van der Waals surface area (Å²) in [4.78, 5) is 4.97. The number of fused-ring (bicyclic) bond motifs is 8. The van der Waals surface area contributed by atoms with Crippen LogP contribution in [0, 0.1) is 27.7 Å². The molecule has 0 bridgehead atoms. The van der Waals surface area contributed by atoms with Crippen LogP contribution in [-0.4, -0.2) is 0 Å². The topological polar surface area (TPSA) is 32.8 Å². The van der Waals surface area contributed by atoms with Crippen molar-refractivity contribution in [3.8, 4) is 0 Å². The van der Waals surface area contributed by atoms with Crippen molar-refractivity contribution in [3.05, 3.63) is 189 Å². The predicted molar refractivity (Wildman–Crippen MR) is 338 cm³/mol. The molecule has 0 aliphatic rings. The highest BCUT2D eigenvalue weighted by molar-refractivity contribution is 6.23. The largest absolute Gasteiger partial charge is 0.456 e. The van der Waals surface area contributed by atoms with Crippen LogP contribution in [0.1, 0.15) is 176 Å². The summed E-state index contributed by atoms with van der Waals surface area (Å²) in [6, 6.07) is 51.1. The zero-order valence-corrected chi connectivity index (χ0v) is 49.7. The minimum absolute atomic E-state index is 0.292. The molecule has 0 amide bonds. The third-order valence-corrected chi connectivity index (χ3v) is 16.8. The van der Waals surface area contributed by atoms with Crippen LogP contribution in [0.5, 0.6) is 0 Å². The fourth-order valence-corrected chi connectivity index (χ4v) is 12.2. The summed E-state index contributed by atoms with van der Waals surface area (Å²) in [6.45, 7) is 41.1. The van der Waals surface area contributed by atoms with Gasteiger partial charge in [0.1, 0.15) is 22.3 Å². The molecule has 9 aromatic carbocycles. The SMILES string of the molecule is Cc1ccc(C(C)C)cc1N(c1ccc2cc3c(cc2c1)oc1c(C(C)(C)C)c2c(oc4cc5cc(N(c6cc(C(C)C)ccc6C)c6cc(C(C)C)ccc6C)ccc5cc42)c(C(C)(C)C)c13)c1cc(C(C)C)ccc1C. The van der Waals surface area contributed by atoms with E-state index in [4.69, 9.17) is 8.83 Å². The summed E-state index contributed by atoms with van der Waals surface area (Å²) in [5, 5.41) is 9.13. The fourth-order valence-electron chi connectivity index (χ4n) is 12.2. The lowest BCUT2D eigenvalue weighted by Gasteiger charge is -2.30. The first-order valence-corrected chi connectivity index (χ1v) is 28.7. The molecule has 398 valence electrons. The first-order valence-electron chi connectivity index (χ1n) is 28.7. The van der Waals surface area contributed by atoms with E-state index in [1.54, 1.807) is 0 Å². The highest BCUT2D eigenvalue weighted by Crippen LogP contribution is 2.52. The van der Waals surface area contributed by atoms with E-state index in [2.05, 4.69) is 268 Å². The molecule has 0 spiro atoms. The Hall–Kier alpha value is -7.30. The number of furan rings is 2. The average molecular weight is 1030 g/mol. The van der Waals surface area contributed by atoms with Crippen molar-refractivity contribution in [1.29, 1.82) is 0 Å². The Morgan fingerprint density at radius 1 is 0.333 bits per heavy atom. The smallest absolute Gasteiger partial charge is 0.140 e. The lowest BCUT2D eigenvalue weighted by atomic mass is 9.77. The van der Waals surface area contributed by atoms with Crippen molar-refractivity contribution in [2.24, 2.45) is 0 Å². The van der Waals surface area contributed by atoms with E-state index in [-0.39, 0.29) is 10.8 Å². The van der Waals surface area contributed by atoms with Crippen LogP contribution in [0.2, 0.25) is 0 Å². The van der Waals surface area contributed by atoms with Gasteiger partial charge in [0.05, 0.1) is 0 Å². The summed E-state index contributed by atoms with van der Waals surface area (Å²) in [5.41, 5.74) is 22.8. The number of nitrogens with zero attached hydrogens (tertiary/aromatic N) is 2. The summed E-state index contributed by atoms with van der Waals surface area (Å²) >= 11 is 0. The molecular weight excluding hydrogens is 949 g/mol. The Balaban J connectivity index is 1.13. The molecule has 11 rings (SSSR count). The number of rotatable bonds is 10. The molecule has 2 aromatic heterocycles. The molecule has 0 N–H and O–H groups in total.